The molecule has 4 aromatic rings. The molecule has 3 heterocycles. The van der Waals surface area contributed by atoms with E-state index in [0.717, 1.165) is 33.6 Å². The van der Waals surface area contributed by atoms with Crippen LogP contribution in [0.3, 0.4) is 0 Å². The number of fused-ring (bicyclic) bond motifs is 2. The van der Waals surface area contributed by atoms with Crippen LogP contribution in [-0.2, 0) is 7.05 Å². The average Bonchev–Trinajstić information content (AvgIpc) is 3.14. The second kappa shape index (κ2) is 5.59. The summed E-state index contributed by atoms with van der Waals surface area (Å²) in [5.74, 6) is 1.14. The van der Waals surface area contributed by atoms with Crippen molar-refractivity contribution in [3.05, 3.63) is 48.0 Å². The zero-order valence-electron chi connectivity index (χ0n) is 14.9. The third kappa shape index (κ3) is 2.24. The second-order valence-corrected chi connectivity index (χ2v) is 6.73. The lowest BCUT2D eigenvalue weighted by atomic mass is 10.1. The zero-order valence-corrected chi connectivity index (χ0v) is 14.9. The van der Waals surface area contributed by atoms with E-state index in [2.05, 4.69) is 18.8 Å². The summed E-state index contributed by atoms with van der Waals surface area (Å²) in [6.07, 6.45) is 3.56. The minimum atomic E-state index is -0.447. The molecule has 0 radical (unpaired) electrons. The van der Waals surface area contributed by atoms with Crippen molar-refractivity contribution in [3.8, 4) is 11.4 Å². The van der Waals surface area contributed by atoms with E-state index in [1.54, 1.807) is 18.3 Å². The average molecular weight is 348 g/mol. The molecule has 0 aliphatic rings. The minimum Gasteiger partial charge on any atom is -0.382 e. The van der Waals surface area contributed by atoms with Gasteiger partial charge in [-0.15, -0.1) is 0 Å². The maximum absolute atomic E-state index is 11.5. The van der Waals surface area contributed by atoms with Crippen LogP contribution in [0.4, 0.5) is 5.82 Å². The topological polar surface area (TPSA) is 104 Å². The number of carbonyl (C=O) groups is 1. The summed E-state index contributed by atoms with van der Waals surface area (Å²) in [6.45, 7) is 4.19. The number of hydrogen-bond acceptors (Lipinski definition) is 4. The van der Waals surface area contributed by atoms with Crippen LogP contribution in [0, 0.1) is 0 Å². The van der Waals surface area contributed by atoms with Gasteiger partial charge in [0.25, 0.3) is 0 Å². The highest BCUT2D eigenvalue weighted by Crippen LogP contribution is 2.33. The van der Waals surface area contributed by atoms with Crippen molar-refractivity contribution in [2.45, 2.75) is 19.8 Å². The lowest BCUT2D eigenvalue weighted by molar-refractivity contribution is 0.100. The first-order chi connectivity index (χ1) is 12.4. The lowest BCUT2D eigenvalue weighted by Gasteiger charge is -2.05. The number of anilines is 1. The second-order valence-electron chi connectivity index (χ2n) is 6.73. The van der Waals surface area contributed by atoms with Gasteiger partial charge in [0.15, 0.2) is 0 Å². The molecule has 3 aromatic heterocycles. The number of hydrogen-bond donors (Lipinski definition) is 2. The van der Waals surface area contributed by atoms with Crippen molar-refractivity contribution >= 4 is 28.1 Å². The number of amides is 1. The Bertz CT molecular complexity index is 1170. The summed E-state index contributed by atoms with van der Waals surface area (Å²) in [5.41, 5.74) is 15.4. The summed E-state index contributed by atoms with van der Waals surface area (Å²) in [6, 6.07) is 7.46. The summed E-state index contributed by atoms with van der Waals surface area (Å²) in [4.78, 5) is 20.6. The molecule has 26 heavy (non-hydrogen) atoms. The lowest BCUT2D eigenvalue weighted by Crippen LogP contribution is -2.10. The number of imidazole rings is 1. The van der Waals surface area contributed by atoms with Gasteiger partial charge in [-0.05, 0) is 18.2 Å². The Hall–Kier alpha value is -3.35. The van der Waals surface area contributed by atoms with Crippen LogP contribution < -0.4 is 11.5 Å². The van der Waals surface area contributed by atoms with Gasteiger partial charge in [0.2, 0.25) is 5.91 Å². The smallest absolute Gasteiger partial charge is 0.248 e. The molecule has 4 N–H and O–H groups in total. The van der Waals surface area contributed by atoms with Gasteiger partial charge in [-0.3, -0.25) is 9.20 Å². The molecule has 7 nitrogen and oxygen atoms in total. The fourth-order valence-electron chi connectivity index (χ4n) is 3.38. The van der Waals surface area contributed by atoms with E-state index in [-0.39, 0.29) is 5.92 Å². The first-order valence-electron chi connectivity index (χ1n) is 8.40. The molecule has 0 fully saturated rings. The fourth-order valence-corrected chi connectivity index (χ4v) is 3.38. The van der Waals surface area contributed by atoms with Crippen molar-refractivity contribution in [1.29, 1.82) is 0 Å². The molecule has 1 aromatic carbocycles. The van der Waals surface area contributed by atoms with E-state index in [1.807, 2.05) is 34.3 Å². The normalized spacial score (nSPS) is 11.7. The van der Waals surface area contributed by atoms with E-state index in [1.165, 1.54) is 0 Å². The molecule has 0 saturated heterocycles. The molecule has 0 spiro atoms. The number of rotatable bonds is 3. The first kappa shape index (κ1) is 16.1. The van der Waals surface area contributed by atoms with Gasteiger partial charge in [-0.1, -0.05) is 19.9 Å². The Morgan fingerprint density at radius 2 is 2.00 bits per heavy atom. The molecule has 0 saturated carbocycles. The standard InChI is InChI=1S/C19H20N6O/c1-10(2)19-23-15(16-17(20)22-6-7-25(16)19)14-8-11-4-5-12(18(21)26)9-13(11)24(14)3/h4-10H,1-3H3,(H2,20,22)(H2,21,26). The Balaban J connectivity index is 2.04. The summed E-state index contributed by atoms with van der Waals surface area (Å²) >= 11 is 0. The SMILES string of the molecule is CC(C)c1nc(-c2cc3ccc(C(N)=O)cc3n2C)c2c(N)nccn12. The first-order valence-corrected chi connectivity index (χ1v) is 8.40. The van der Waals surface area contributed by atoms with E-state index >= 15 is 0 Å². The van der Waals surface area contributed by atoms with Gasteiger partial charge in [-0.25, -0.2) is 9.97 Å². The number of aryl methyl sites for hydroxylation is 1. The van der Waals surface area contributed by atoms with Gasteiger partial charge >= 0.3 is 0 Å². The number of aromatic nitrogens is 4. The number of primary amides is 1. The van der Waals surface area contributed by atoms with E-state index in [0.29, 0.717) is 11.4 Å². The van der Waals surface area contributed by atoms with Crippen LogP contribution in [0.25, 0.3) is 27.8 Å². The highest BCUT2D eigenvalue weighted by molar-refractivity contribution is 5.99. The largest absolute Gasteiger partial charge is 0.382 e. The predicted molar refractivity (Wildman–Crippen MR) is 102 cm³/mol. The molecule has 1 amide bonds. The number of nitrogens with zero attached hydrogens (tertiary/aromatic N) is 4. The molecule has 132 valence electrons. The van der Waals surface area contributed by atoms with Crippen molar-refractivity contribution in [2.75, 3.05) is 5.73 Å². The van der Waals surface area contributed by atoms with Crippen molar-refractivity contribution in [2.24, 2.45) is 12.8 Å². The van der Waals surface area contributed by atoms with Crippen LogP contribution in [0.2, 0.25) is 0 Å². The Labute approximate surface area is 150 Å². The van der Waals surface area contributed by atoms with E-state index < -0.39 is 5.91 Å². The zero-order chi connectivity index (χ0) is 18.6. The highest BCUT2D eigenvalue weighted by atomic mass is 16.1. The minimum absolute atomic E-state index is 0.231. The van der Waals surface area contributed by atoms with Crippen LogP contribution >= 0.6 is 0 Å². The maximum Gasteiger partial charge on any atom is 0.248 e. The number of benzene rings is 1. The Morgan fingerprint density at radius 3 is 2.69 bits per heavy atom. The highest BCUT2D eigenvalue weighted by Gasteiger charge is 2.20. The molecule has 4 rings (SSSR count). The van der Waals surface area contributed by atoms with Gasteiger partial charge in [-0.2, -0.15) is 0 Å². The predicted octanol–water partition coefficient (Wildman–Crippen LogP) is 2.69. The molecule has 7 heteroatoms. The van der Waals surface area contributed by atoms with Crippen molar-refractivity contribution in [1.82, 2.24) is 18.9 Å². The number of nitrogen functional groups attached to an aromatic ring is 1. The monoisotopic (exact) mass is 348 g/mol. The molecule has 0 unspecified atom stereocenters. The Kier molecular flexibility index (Phi) is 3.47. The van der Waals surface area contributed by atoms with Gasteiger partial charge in [0.1, 0.15) is 22.9 Å². The Morgan fingerprint density at radius 1 is 1.23 bits per heavy atom. The quantitative estimate of drug-likeness (QED) is 0.594. The molecule has 0 bridgehead atoms. The van der Waals surface area contributed by atoms with E-state index in [9.17, 15) is 4.79 Å². The van der Waals surface area contributed by atoms with Gasteiger partial charge < -0.3 is 16.0 Å². The van der Waals surface area contributed by atoms with Crippen LogP contribution in [0.15, 0.2) is 36.7 Å². The summed E-state index contributed by atoms with van der Waals surface area (Å²) < 4.78 is 4.00. The fraction of sp³-hybridized carbons (Fsp3) is 0.211. The van der Waals surface area contributed by atoms with Crippen molar-refractivity contribution < 1.29 is 4.79 Å². The summed E-state index contributed by atoms with van der Waals surface area (Å²) in [5, 5.41) is 1.00. The summed E-state index contributed by atoms with van der Waals surface area (Å²) in [7, 11) is 1.94. The van der Waals surface area contributed by atoms with Crippen LogP contribution in [0.5, 0.6) is 0 Å². The maximum atomic E-state index is 11.5. The van der Waals surface area contributed by atoms with Crippen LogP contribution in [0.1, 0.15) is 35.9 Å². The third-order valence-corrected chi connectivity index (χ3v) is 4.70. The molecule has 0 aliphatic carbocycles. The van der Waals surface area contributed by atoms with E-state index in [4.69, 9.17) is 16.5 Å². The third-order valence-electron chi connectivity index (χ3n) is 4.70. The van der Waals surface area contributed by atoms with Gasteiger partial charge in [0.05, 0.1) is 5.69 Å². The molecular weight excluding hydrogens is 328 g/mol. The molecule has 0 aliphatic heterocycles. The van der Waals surface area contributed by atoms with Crippen molar-refractivity contribution in [3.63, 3.8) is 0 Å². The molecule has 0 atom stereocenters. The molecular formula is C19H20N6O. The number of carbonyl (C=O) groups excluding carboxylic acids is 1. The number of nitrogens with two attached hydrogens (primary N) is 2. The van der Waals surface area contributed by atoms with Gasteiger partial charge in [0, 0.05) is 41.8 Å². The van der Waals surface area contributed by atoms with Crippen LogP contribution in [-0.4, -0.2) is 24.8 Å².